The molecule has 1 heterocycles. The van der Waals surface area contributed by atoms with Crippen molar-refractivity contribution >= 4 is 11.6 Å². The van der Waals surface area contributed by atoms with Crippen molar-refractivity contribution in [3.05, 3.63) is 53.1 Å². The van der Waals surface area contributed by atoms with Gasteiger partial charge in [0.05, 0.1) is 5.56 Å². The summed E-state index contributed by atoms with van der Waals surface area (Å²) < 4.78 is 10.6. The summed E-state index contributed by atoms with van der Waals surface area (Å²) in [6.45, 7) is 4.11. The van der Waals surface area contributed by atoms with Crippen LogP contribution in [0.25, 0.3) is 0 Å². The lowest BCUT2D eigenvalue weighted by molar-refractivity contribution is 0.102. The van der Waals surface area contributed by atoms with E-state index in [1.54, 1.807) is 18.2 Å². The number of nitrogens with one attached hydrogen (secondary N) is 1. The molecule has 0 atom stereocenters. The number of fused-ring (bicyclic) bond motifs is 1. The predicted octanol–water partition coefficient (Wildman–Crippen LogP) is 3.28. The first-order chi connectivity index (χ1) is 9.65. The van der Waals surface area contributed by atoms with Gasteiger partial charge in [-0.2, -0.15) is 0 Å². The second-order valence-electron chi connectivity index (χ2n) is 4.81. The van der Waals surface area contributed by atoms with Crippen LogP contribution in [0.5, 0.6) is 11.5 Å². The van der Waals surface area contributed by atoms with Crippen LogP contribution in [0.3, 0.4) is 0 Å². The summed E-state index contributed by atoms with van der Waals surface area (Å²) in [5, 5.41) is 2.92. The van der Waals surface area contributed by atoms with Gasteiger partial charge in [-0.15, -0.1) is 0 Å². The van der Waals surface area contributed by atoms with Crippen LogP contribution >= 0.6 is 0 Å². The fraction of sp³-hybridized carbons (Fsp3) is 0.188. The molecule has 0 bridgehead atoms. The average Bonchev–Trinajstić information content (AvgIpc) is 2.91. The summed E-state index contributed by atoms with van der Waals surface area (Å²) >= 11 is 0. The maximum atomic E-state index is 12.4. The third-order valence-corrected chi connectivity index (χ3v) is 3.28. The third kappa shape index (κ3) is 2.20. The molecular weight excluding hydrogens is 254 g/mol. The SMILES string of the molecule is Cc1ccc(C)c(NC(=O)c2cccc3c2OCO3)c1. The van der Waals surface area contributed by atoms with Crippen LogP contribution in [0.15, 0.2) is 36.4 Å². The molecule has 4 nitrogen and oxygen atoms in total. The maximum absolute atomic E-state index is 12.4. The summed E-state index contributed by atoms with van der Waals surface area (Å²) in [4.78, 5) is 12.4. The van der Waals surface area contributed by atoms with Gasteiger partial charge in [-0.05, 0) is 43.2 Å². The minimum Gasteiger partial charge on any atom is -0.454 e. The molecule has 20 heavy (non-hydrogen) atoms. The summed E-state index contributed by atoms with van der Waals surface area (Å²) in [6.07, 6.45) is 0. The van der Waals surface area contributed by atoms with Crippen molar-refractivity contribution in [2.24, 2.45) is 0 Å². The Morgan fingerprint density at radius 3 is 2.85 bits per heavy atom. The molecule has 1 aliphatic rings. The van der Waals surface area contributed by atoms with Gasteiger partial charge in [0.1, 0.15) is 0 Å². The van der Waals surface area contributed by atoms with E-state index in [0.717, 1.165) is 16.8 Å². The molecule has 0 spiro atoms. The van der Waals surface area contributed by atoms with Crippen molar-refractivity contribution in [3.63, 3.8) is 0 Å². The van der Waals surface area contributed by atoms with Crippen LogP contribution in [-0.4, -0.2) is 12.7 Å². The van der Waals surface area contributed by atoms with Crippen LogP contribution in [0, 0.1) is 13.8 Å². The number of amides is 1. The first-order valence-corrected chi connectivity index (χ1v) is 6.42. The number of carbonyl (C=O) groups is 1. The van der Waals surface area contributed by atoms with Gasteiger partial charge in [-0.3, -0.25) is 4.79 Å². The molecular formula is C16H15NO3. The monoisotopic (exact) mass is 269 g/mol. The molecule has 0 aromatic heterocycles. The van der Waals surface area contributed by atoms with Crippen molar-refractivity contribution in [1.29, 1.82) is 0 Å². The molecule has 3 rings (SSSR count). The molecule has 1 aliphatic heterocycles. The Labute approximate surface area is 117 Å². The number of hydrogen-bond donors (Lipinski definition) is 1. The Bertz CT molecular complexity index is 679. The summed E-state index contributed by atoms with van der Waals surface area (Å²) in [5.41, 5.74) is 3.42. The zero-order chi connectivity index (χ0) is 14.1. The van der Waals surface area contributed by atoms with E-state index in [0.29, 0.717) is 17.1 Å². The number of anilines is 1. The maximum Gasteiger partial charge on any atom is 0.259 e. The summed E-state index contributed by atoms with van der Waals surface area (Å²) in [5.74, 6) is 0.926. The highest BCUT2D eigenvalue weighted by atomic mass is 16.7. The first kappa shape index (κ1) is 12.5. The topological polar surface area (TPSA) is 47.6 Å². The van der Waals surface area contributed by atoms with Crippen molar-refractivity contribution in [1.82, 2.24) is 0 Å². The fourth-order valence-corrected chi connectivity index (χ4v) is 2.17. The van der Waals surface area contributed by atoms with Crippen LogP contribution < -0.4 is 14.8 Å². The number of ether oxygens (including phenoxy) is 2. The van der Waals surface area contributed by atoms with E-state index in [9.17, 15) is 4.79 Å². The average molecular weight is 269 g/mol. The van der Waals surface area contributed by atoms with Crippen LogP contribution in [0.4, 0.5) is 5.69 Å². The highest BCUT2D eigenvalue weighted by molar-refractivity contribution is 6.07. The standard InChI is InChI=1S/C16H15NO3/c1-10-6-7-11(2)13(8-10)17-16(18)12-4-3-5-14-15(12)20-9-19-14/h3-8H,9H2,1-2H3,(H,17,18). The molecule has 1 amide bonds. The normalized spacial score (nSPS) is 12.3. The summed E-state index contributed by atoms with van der Waals surface area (Å²) in [7, 11) is 0. The van der Waals surface area contributed by atoms with Gasteiger partial charge in [-0.1, -0.05) is 18.2 Å². The van der Waals surface area contributed by atoms with Crippen LogP contribution in [0.1, 0.15) is 21.5 Å². The van der Waals surface area contributed by atoms with Gasteiger partial charge in [0.25, 0.3) is 5.91 Å². The van der Waals surface area contributed by atoms with E-state index in [2.05, 4.69) is 5.32 Å². The summed E-state index contributed by atoms with van der Waals surface area (Å²) in [6, 6.07) is 11.3. The van der Waals surface area contributed by atoms with Gasteiger partial charge in [0.15, 0.2) is 11.5 Å². The molecule has 1 N–H and O–H groups in total. The van der Waals surface area contributed by atoms with E-state index >= 15 is 0 Å². The van der Waals surface area contributed by atoms with E-state index in [1.807, 2.05) is 32.0 Å². The van der Waals surface area contributed by atoms with Crippen LogP contribution in [0.2, 0.25) is 0 Å². The van der Waals surface area contributed by atoms with E-state index in [4.69, 9.17) is 9.47 Å². The molecule has 0 aliphatic carbocycles. The van der Waals surface area contributed by atoms with Gasteiger partial charge in [0, 0.05) is 5.69 Å². The third-order valence-electron chi connectivity index (χ3n) is 3.28. The zero-order valence-corrected chi connectivity index (χ0v) is 11.4. The number of rotatable bonds is 2. The van der Waals surface area contributed by atoms with Gasteiger partial charge in [-0.25, -0.2) is 0 Å². The van der Waals surface area contributed by atoms with Crippen molar-refractivity contribution < 1.29 is 14.3 Å². The Morgan fingerprint density at radius 2 is 2.00 bits per heavy atom. The van der Waals surface area contributed by atoms with Gasteiger partial charge in [0.2, 0.25) is 6.79 Å². The first-order valence-electron chi connectivity index (χ1n) is 6.42. The minimum absolute atomic E-state index is 0.156. The number of para-hydroxylation sites is 1. The molecule has 102 valence electrons. The second-order valence-corrected chi connectivity index (χ2v) is 4.81. The Hall–Kier alpha value is -2.49. The smallest absolute Gasteiger partial charge is 0.259 e. The second kappa shape index (κ2) is 4.89. The lowest BCUT2D eigenvalue weighted by Gasteiger charge is -2.10. The number of carbonyl (C=O) groups excluding carboxylic acids is 1. The predicted molar refractivity (Wildman–Crippen MR) is 76.4 cm³/mol. The Morgan fingerprint density at radius 1 is 1.15 bits per heavy atom. The lowest BCUT2D eigenvalue weighted by atomic mass is 10.1. The van der Waals surface area contributed by atoms with Gasteiger partial charge >= 0.3 is 0 Å². The van der Waals surface area contributed by atoms with Gasteiger partial charge < -0.3 is 14.8 Å². The fourth-order valence-electron chi connectivity index (χ4n) is 2.17. The molecule has 4 heteroatoms. The molecule has 2 aromatic carbocycles. The zero-order valence-electron chi connectivity index (χ0n) is 11.4. The molecule has 0 fully saturated rings. The molecule has 0 saturated carbocycles. The van der Waals surface area contributed by atoms with Crippen LogP contribution in [-0.2, 0) is 0 Å². The van der Waals surface area contributed by atoms with E-state index < -0.39 is 0 Å². The highest BCUT2D eigenvalue weighted by Gasteiger charge is 2.22. The molecule has 0 saturated heterocycles. The molecule has 0 radical (unpaired) electrons. The number of aryl methyl sites for hydroxylation is 2. The van der Waals surface area contributed by atoms with Crippen molar-refractivity contribution in [2.45, 2.75) is 13.8 Å². The van der Waals surface area contributed by atoms with E-state index in [1.165, 1.54) is 0 Å². The number of benzene rings is 2. The van der Waals surface area contributed by atoms with E-state index in [-0.39, 0.29) is 12.7 Å². The van der Waals surface area contributed by atoms with Crippen molar-refractivity contribution in [2.75, 3.05) is 12.1 Å². The minimum atomic E-state index is -0.193. The molecule has 2 aromatic rings. The quantitative estimate of drug-likeness (QED) is 0.910. The molecule has 0 unspecified atom stereocenters. The Balaban J connectivity index is 1.91. The Kier molecular flexibility index (Phi) is 3.06. The van der Waals surface area contributed by atoms with Crippen molar-refractivity contribution in [3.8, 4) is 11.5 Å². The lowest BCUT2D eigenvalue weighted by Crippen LogP contribution is -2.13. The number of hydrogen-bond acceptors (Lipinski definition) is 3. The largest absolute Gasteiger partial charge is 0.454 e. The highest BCUT2D eigenvalue weighted by Crippen LogP contribution is 2.35.